The SMILES string of the molecule is CC(NC(=O)c1cc(N)cc(Cl)c1Cl)c1ncc[nH]1. The highest BCUT2D eigenvalue weighted by atomic mass is 35.5. The maximum atomic E-state index is 12.1. The number of nitrogens with zero attached hydrogens (tertiary/aromatic N) is 1. The van der Waals surface area contributed by atoms with Crippen LogP contribution in [0.4, 0.5) is 5.69 Å². The minimum absolute atomic E-state index is 0.181. The molecule has 0 saturated heterocycles. The van der Waals surface area contributed by atoms with Crippen LogP contribution in [0, 0.1) is 0 Å². The molecule has 4 N–H and O–H groups in total. The molecular formula is C12H12Cl2N4O. The first-order valence-corrected chi connectivity index (χ1v) is 6.29. The molecule has 0 aliphatic carbocycles. The highest BCUT2D eigenvalue weighted by Crippen LogP contribution is 2.29. The molecule has 0 radical (unpaired) electrons. The summed E-state index contributed by atoms with van der Waals surface area (Å²) in [5, 5.41) is 3.19. The lowest BCUT2D eigenvalue weighted by atomic mass is 10.1. The number of aromatic amines is 1. The fourth-order valence-electron chi connectivity index (χ4n) is 1.63. The van der Waals surface area contributed by atoms with Gasteiger partial charge in [-0.2, -0.15) is 0 Å². The van der Waals surface area contributed by atoms with E-state index in [0.29, 0.717) is 11.5 Å². The zero-order valence-electron chi connectivity index (χ0n) is 10.1. The zero-order chi connectivity index (χ0) is 14.0. The van der Waals surface area contributed by atoms with E-state index in [-0.39, 0.29) is 27.6 Å². The Morgan fingerprint density at radius 1 is 1.47 bits per heavy atom. The van der Waals surface area contributed by atoms with Gasteiger partial charge in [0, 0.05) is 18.1 Å². The third kappa shape index (κ3) is 3.00. The lowest BCUT2D eigenvalue weighted by Crippen LogP contribution is -2.27. The molecule has 0 bridgehead atoms. The number of nitrogen functional groups attached to an aromatic ring is 1. The molecule has 2 aromatic rings. The van der Waals surface area contributed by atoms with Crippen molar-refractivity contribution >= 4 is 34.8 Å². The summed E-state index contributed by atoms with van der Waals surface area (Å²) in [6, 6.07) is 2.70. The number of H-pyrrole nitrogens is 1. The van der Waals surface area contributed by atoms with Crippen molar-refractivity contribution in [3.63, 3.8) is 0 Å². The minimum atomic E-state index is -0.358. The molecule has 19 heavy (non-hydrogen) atoms. The van der Waals surface area contributed by atoms with E-state index in [1.54, 1.807) is 19.3 Å². The number of halogens is 2. The third-order valence-corrected chi connectivity index (χ3v) is 3.37. The highest BCUT2D eigenvalue weighted by Gasteiger charge is 2.17. The second-order valence-electron chi connectivity index (χ2n) is 4.03. The predicted molar refractivity (Wildman–Crippen MR) is 75.3 cm³/mol. The average Bonchev–Trinajstić information content (AvgIpc) is 2.87. The Balaban J connectivity index is 2.21. The van der Waals surface area contributed by atoms with Gasteiger partial charge in [-0.05, 0) is 19.1 Å². The van der Waals surface area contributed by atoms with Crippen LogP contribution in [0.5, 0.6) is 0 Å². The molecule has 1 amide bonds. The van der Waals surface area contributed by atoms with Gasteiger partial charge in [-0.25, -0.2) is 4.98 Å². The van der Waals surface area contributed by atoms with Gasteiger partial charge in [0.1, 0.15) is 5.82 Å². The average molecular weight is 299 g/mol. The van der Waals surface area contributed by atoms with E-state index in [4.69, 9.17) is 28.9 Å². The van der Waals surface area contributed by atoms with E-state index in [2.05, 4.69) is 15.3 Å². The van der Waals surface area contributed by atoms with E-state index in [9.17, 15) is 4.79 Å². The number of imidazole rings is 1. The van der Waals surface area contributed by atoms with E-state index >= 15 is 0 Å². The molecule has 0 spiro atoms. The van der Waals surface area contributed by atoms with Crippen molar-refractivity contribution in [2.24, 2.45) is 0 Å². The van der Waals surface area contributed by atoms with Gasteiger partial charge in [-0.3, -0.25) is 4.79 Å². The topological polar surface area (TPSA) is 83.8 Å². The van der Waals surface area contributed by atoms with Gasteiger partial charge in [-0.15, -0.1) is 0 Å². The molecule has 0 aliphatic heterocycles. The monoisotopic (exact) mass is 298 g/mol. The molecular weight excluding hydrogens is 287 g/mol. The summed E-state index contributed by atoms with van der Waals surface area (Å²) in [4.78, 5) is 19.1. The number of amides is 1. The first-order valence-electron chi connectivity index (χ1n) is 5.53. The summed E-state index contributed by atoms with van der Waals surface area (Å²) in [5.74, 6) is 0.294. The van der Waals surface area contributed by atoms with Crippen molar-refractivity contribution in [2.45, 2.75) is 13.0 Å². The summed E-state index contributed by atoms with van der Waals surface area (Å²) < 4.78 is 0. The second-order valence-corrected chi connectivity index (χ2v) is 4.82. The molecule has 1 heterocycles. The number of nitrogens with two attached hydrogens (primary N) is 1. The van der Waals surface area contributed by atoms with Crippen molar-refractivity contribution in [1.82, 2.24) is 15.3 Å². The van der Waals surface area contributed by atoms with E-state index in [0.717, 1.165) is 0 Å². The summed E-state index contributed by atoms with van der Waals surface area (Å²) >= 11 is 11.9. The normalized spacial score (nSPS) is 12.2. The largest absolute Gasteiger partial charge is 0.399 e. The molecule has 1 unspecified atom stereocenters. The number of aromatic nitrogens is 2. The Labute approximate surface area is 120 Å². The number of hydrogen-bond acceptors (Lipinski definition) is 3. The summed E-state index contributed by atoms with van der Waals surface area (Å²) in [5.41, 5.74) is 6.27. The van der Waals surface area contributed by atoms with Crippen LogP contribution in [0.3, 0.4) is 0 Å². The zero-order valence-corrected chi connectivity index (χ0v) is 11.6. The van der Waals surface area contributed by atoms with Gasteiger partial charge in [0.25, 0.3) is 5.91 Å². The Bertz CT molecular complexity index is 598. The van der Waals surface area contributed by atoms with Crippen LogP contribution in [-0.4, -0.2) is 15.9 Å². The molecule has 1 aromatic heterocycles. The van der Waals surface area contributed by atoms with Crippen molar-refractivity contribution in [3.05, 3.63) is 46.0 Å². The molecule has 0 aliphatic rings. The first-order chi connectivity index (χ1) is 8.99. The molecule has 0 fully saturated rings. The summed E-state index contributed by atoms with van der Waals surface area (Å²) in [7, 11) is 0. The van der Waals surface area contributed by atoms with Crippen LogP contribution < -0.4 is 11.1 Å². The van der Waals surface area contributed by atoms with Crippen LogP contribution >= 0.6 is 23.2 Å². The fourth-order valence-corrected chi connectivity index (χ4v) is 2.06. The predicted octanol–water partition coefficient (Wildman–Crippen LogP) is 2.79. The summed E-state index contributed by atoms with van der Waals surface area (Å²) in [6.45, 7) is 1.80. The third-order valence-electron chi connectivity index (χ3n) is 2.57. The summed E-state index contributed by atoms with van der Waals surface area (Å²) in [6.07, 6.45) is 3.30. The smallest absolute Gasteiger partial charge is 0.253 e. The van der Waals surface area contributed by atoms with Crippen molar-refractivity contribution in [1.29, 1.82) is 0 Å². The van der Waals surface area contributed by atoms with E-state index < -0.39 is 0 Å². The molecule has 1 aromatic carbocycles. The number of benzene rings is 1. The maximum absolute atomic E-state index is 12.1. The number of anilines is 1. The van der Waals surface area contributed by atoms with E-state index in [1.807, 2.05) is 0 Å². The molecule has 2 rings (SSSR count). The number of hydrogen-bond donors (Lipinski definition) is 3. The van der Waals surface area contributed by atoms with Crippen LogP contribution in [0.25, 0.3) is 0 Å². The van der Waals surface area contributed by atoms with Crippen molar-refractivity contribution in [3.8, 4) is 0 Å². The number of carbonyl (C=O) groups is 1. The Morgan fingerprint density at radius 2 is 2.21 bits per heavy atom. The van der Waals surface area contributed by atoms with Crippen LogP contribution in [0.2, 0.25) is 10.0 Å². The van der Waals surface area contributed by atoms with Crippen LogP contribution in [-0.2, 0) is 0 Å². The molecule has 0 saturated carbocycles. The van der Waals surface area contributed by atoms with Crippen molar-refractivity contribution in [2.75, 3.05) is 5.73 Å². The van der Waals surface area contributed by atoms with E-state index in [1.165, 1.54) is 12.1 Å². The van der Waals surface area contributed by atoms with Gasteiger partial charge < -0.3 is 16.0 Å². The molecule has 1 atom stereocenters. The number of nitrogens with one attached hydrogen (secondary N) is 2. The fraction of sp³-hybridized carbons (Fsp3) is 0.167. The van der Waals surface area contributed by atoms with Gasteiger partial charge in [-0.1, -0.05) is 23.2 Å². The quantitative estimate of drug-likeness (QED) is 0.762. The Kier molecular flexibility index (Phi) is 3.97. The highest BCUT2D eigenvalue weighted by molar-refractivity contribution is 6.44. The standard InChI is InChI=1S/C12H12Cl2N4O/c1-6(11-16-2-3-17-11)18-12(19)8-4-7(15)5-9(13)10(8)14/h2-6H,15H2,1H3,(H,16,17)(H,18,19). The second kappa shape index (κ2) is 5.50. The Morgan fingerprint density at radius 3 is 2.84 bits per heavy atom. The molecule has 7 heteroatoms. The van der Waals surface area contributed by atoms with Crippen LogP contribution in [0.1, 0.15) is 29.1 Å². The van der Waals surface area contributed by atoms with Crippen LogP contribution in [0.15, 0.2) is 24.5 Å². The van der Waals surface area contributed by atoms with Gasteiger partial charge in [0.15, 0.2) is 0 Å². The minimum Gasteiger partial charge on any atom is -0.399 e. The van der Waals surface area contributed by atoms with Gasteiger partial charge in [0.2, 0.25) is 0 Å². The lowest BCUT2D eigenvalue weighted by Gasteiger charge is -2.13. The van der Waals surface area contributed by atoms with Gasteiger partial charge >= 0.3 is 0 Å². The molecule has 100 valence electrons. The maximum Gasteiger partial charge on any atom is 0.253 e. The number of rotatable bonds is 3. The number of carbonyl (C=O) groups excluding carboxylic acids is 1. The van der Waals surface area contributed by atoms with Gasteiger partial charge in [0.05, 0.1) is 21.7 Å². The lowest BCUT2D eigenvalue weighted by molar-refractivity contribution is 0.0938. The Hall–Kier alpha value is -1.72. The first kappa shape index (κ1) is 13.7. The van der Waals surface area contributed by atoms with Crippen molar-refractivity contribution < 1.29 is 4.79 Å². The molecule has 5 nitrogen and oxygen atoms in total.